The SMILES string of the molecule is C=Cc1cc2ccccc2c2c1C(=O)NC2=O. The summed E-state index contributed by atoms with van der Waals surface area (Å²) >= 11 is 0. The van der Waals surface area contributed by atoms with Crippen molar-refractivity contribution in [3.63, 3.8) is 0 Å². The van der Waals surface area contributed by atoms with E-state index in [2.05, 4.69) is 11.9 Å². The summed E-state index contributed by atoms with van der Waals surface area (Å²) in [5.74, 6) is -0.671. The predicted octanol–water partition coefficient (Wildman–Crippen LogP) is 2.37. The molecule has 3 nitrogen and oxygen atoms in total. The van der Waals surface area contributed by atoms with E-state index in [0.717, 1.165) is 10.8 Å². The highest BCUT2D eigenvalue weighted by molar-refractivity contribution is 6.28. The van der Waals surface area contributed by atoms with Crippen molar-refractivity contribution in [2.24, 2.45) is 0 Å². The molecule has 2 aromatic rings. The zero-order valence-electron chi connectivity index (χ0n) is 8.99. The lowest BCUT2D eigenvalue weighted by atomic mass is 9.95. The summed E-state index contributed by atoms with van der Waals surface area (Å²) < 4.78 is 0. The number of fused-ring (bicyclic) bond motifs is 3. The average molecular weight is 223 g/mol. The maximum absolute atomic E-state index is 11.8. The highest BCUT2D eigenvalue weighted by atomic mass is 16.2. The minimum Gasteiger partial charge on any atom is -0.288 e. The van der Waals surface area contributed by atoms with E-state index >= 15 is 0 Å². The molecule has 82 valence electrons. The molecule has 2 aromatic carbocycles. The quantitative estimate of drug-likeness (QED) is 0.754. The van der Waals surface area contributed by atoms with Crippen LogP contribution in [0.2, 0.25) is 0 Å². The van der Waals surface area contributed by atoms with Gasteiger partial charge in [0, 0.05) is 0 Å². The van der Waals surface area contributed by atoms with Crippen molar-refractivity contribution in [2.45, 2.75) is 0 Å². The van der Waals surface area contributed by atoms with Gasteiger partial charge < -0.3 is 0 Å². The Bertz CT molecular complexity index is 686. The van der Waals surface area contributed by atoms with Crippen LogP contribution < -0.4 is 5.32 Å². The number of carbonyl (C=O) groups excluding carboxylic acids is 2. The van der Waals surface area contributed by atoms with Crippen LogP contribution in [0.1, 0.15) is 26.3 Å². The molecule has 1 N–H and O–H groups in total. The molecule has 0 bridgehead atoms. The summed E-state index contributed by atoms with van der Waals surface area (Å²) in [5.41, 5.74) is 1.59. The molecule has 0 atom stereocenters. The van der Waals surface area contributed by atoms with Crippen molar-refractivity contribution in [1.29, 1.82) is 0 Å². The topological polar surface area (TPSA) is 46.2 Å². The molecule has 0 fully saturated rings. The van der Waals surface area contributed by atoms with Gasteiger partial charge in [-0.3, -0.25) is 14.9 Å². The first-order valence-electron chi connectivity index (χ1n) is 5.26. The summed E-state index contributed by atoms with van der Waals surface area (Å²) in [6.07, 6.45) is 1.60. The average Bonchev–Trinajstić information content (AvgIpc) is 2.65. The first kappa shape index (κ1) is 9.78. The molecule has 2 amide bonds. The Labute approximate surface area is 97.8 Å². The van der Waals surface area contributed by atoms with Gasteiger partial charge in [0.25, 0.3) is 11.8 Å². The molecule has 0 saturated carbocycles. The maximum atomic E-state index is 11.8. The Morgan fingerprint density at radius 1 is 1.06 bits per heavy atom. The van der Waals surface area contributed by atoms with Crippen LogP contribution in [-0.4, -0.2) is 11.8 Å². The molecule has 0 radical (unpaired) electrons. The molecule has 0 unspecified atom stereocenters. The van der Waals surface area contributed by atoms with Gasteiger partial charge in [0.2, 0.25) is 0 Å². The van der Waals surface area contributed by atoms with Gasteiger partial charge in [-0.15, -0.1) is 0 Å². The van der Waals surface area contributed by atoms with Crippen LogP contribution in [0.4, 0.5) is 0 Å². The highest BCUT2D eigenvalue weighted by Gasteiger charge is 2.30. The van der Waals surface area contributed by atoms with Crippen LogP contribution in [-0.2, 0) is 0 Å². The summed E-state index contributed by atoms with van der Waals surface area (Å²) in [6.45, 7) is 3.68. The summed E-state index contributed by atoms with van der Waals surface area (Å²) in [7, 11) is 0. The van der Waals surface area contributed by atoms with E-state index in [9.17, 15) is 9.59 Å². The minimum absolute atomic E-state index is 0.329. The standard InChI is InChI=1S/C14H9NO2/c1-2-8-7-9-5-3-4-6-10(9)12-11(8)13(16)15-14(12)17/h2-7H,1H2,(H,15,16,17). The van der Waals surface area contributed by atoms with Crippen LogP contribution in [0, 0.1) is 0 Å². The van der Waals surface area contributed by atoms with E-state index in [1.54, 1.807) is 6.08 Å². The van der Waals surface area contributed by atoms with Crippen molar-refractivity contribution in [3.05, 3.63) is 53.6 Å². The van der Waals surface area contributed by atoms with Crippen LogP contribution in [0.5, 0.6) is 0 Å². The number of benzene rings is 2. The normalized spacial score (nSPS) is 13.6. The number of carbonyl (C=O) groups is 2. The molecule has 0 saturated heterocycles. The fourth-order valence-electron chi connectivity index (χ4n) is 2.24. The van der Waals surface area contributed by atoms with E-state index in [1.165, 1.54) is 0 Å². The van der Waals surface area contributed by atoms with Gasteiger partial charge in [0.15, 0.2) is 0 Å². The molecule has 1 aliphatic heterocycles. The van der Waals surface area contributed by atoms with Crippen molar-refractivity contribution >= 4 is 28.7 Å². The molecule has 1 aliphatic rings. The Balaban J connectivity index is 2.54. The first-order chi connectivity index (χ1) is 8.22. The van der Waals surface area contributed by atoms with E-state index in [4.69, 9.17) is 0 Å². The molecule has 3 rings (SSSR count). The van der Waals surface area contributed by atoms with Crippen molar-refractivity contribution in [1.82, 2.24) is 5.32 Å². The second-order valence-electron chi connectivity index (χ2n) is 3.92. The summed E-state index contributed by atoms with van der Waals surface area (Å²) in [4.78, 5) is 23.5. The first-order valence-corrected chi connectivity index (χ1v) is 5.26. The van der Waals surface area contributed by atoms with E-state index in [1.807, 2.05) is 30.3 Å². The van der Waals surface area contributed by atoms with E-state index in [0.29, 0.717) is 16.7 Å². The predicted molar refractivity (Wildman–Crippen MR) is 65.8 cm³/mol. The third kappa shape index (κ3) is 1.22. The van der Waals surface area contributed by atoms with Gasteiger partial charge in [-0.25, -0.2) is 0 Å². The number of nitrogens with one attached hydrogen (secondary N) is 1. The van der Waals surface area contributed by atoms with Gasteiger partial charge in [0.05, 0.1) is 11.1 Å². The summed E-state index contributed by atoms with van der Waals surface area (Å²) in [5, 5.41) is 4.06. The Morgan fingerprint density at radius 2 is 1.76 bits per heavy atom. The zero-order chi connectivity index (χ0) is 12.0. The highest BCUT2D eigenvalue weighted by Crippen LogP contribution is 2.29. The monoisotopic (exact) mass is 223 g/mol. The third-order valence-corrected chi connectivity index (χ3v) is 2.98. The van der Waals surface area contributed by atoms with Gasteiger partial charge in [0.1, 0.15) is 0 Å². The number of rotatable bonds is 1. The van der Waals surface area contributed by atoms with Crippen LogP contribution >= 0.6 is 0 Å². The molecule has 1 heterocycles. The zero-order valence-corrected chi connectivity index (χ0v) is 8.99. The maximum Gasteiger partial charge on any atom is 0.259 e. The Kier molecular flexibility index (Phi) is 1.89. The lowest BCUT2D eigenvalue weighted by molar-refractivity contribution is 0.0880. The molecule has 0 aromatic heterocycles. The minimum atomic E-state index is -0.342. The molecule has 0 spiro atoms. The second kappa shape index (κ2) is 3.28. The van der Waals surface area contributed by atoms with Crippen LogP contribution in [0.3, 0.4) is 0 Å². The molecule has 17 heavy (non-hydrogen) atoms. The summed E-state index contributed by atoms with van der Waals surface area (Å²) in [6, 6.07) is 9.39. The van der Waals surface area contributed by atoms with Crippen molar-refractivity contribution < 1.29 is 9.59 Å². The lowest BCUT2D eigenvalue weighted by Gasteiger charge is -2.05. The number of hydrogen-bond acceptors (Lipinski definition) is 2. The fraction of sp³-hybridized carbons (Fsp3) is 0. The molecular weight excluding hydrogens is 214 g/mol. The largest absolute Gasteiger partial charge is 0.288 e. The van der Waals surface area contributed by atoms with Gasteiger partial charge >= 0.3 is 0 Å². The van der Waals surface area contributed by atoms with Crippen molar-refractivity contribution in [3.8, 4) is 0 Å². The Hall–Kier alpha value is -2.42. The van der Waals surface area contributed by atoms with Gasteiger partial charge in [-0.05, 0) is 22.4 Å². The van der Waals surface area contributed by atoms with Crippen LogP contribution in [0.25, 0.3) is 16.8 Å². The number of amides is 2. The molecular formula is C14H9NO2. The van der Waals surface area contributed by atoms with Gasteiger partial charge in [-0.1, -0.05) is 36.9 Å². The second-order valence-corrected chi connectivity index (χ2v) is 3.92. The lowest BCUT2D eigenvalue weighted by Crippen LogP contribution is -2.20. The van der Waals surface area contributed by atoms with Gasteiger partial charge in [-0.2, -0.15) is 0 Å². The number of imide groups is 1. The Morgan fingerprint density at radius 3 is 2.53 bits per heavy atom. The third-order valence-electron chi connectivity index (χ3n) is 2.98. The van der Waals surface area contributed by atoms with Crippen LogP contribution in [0.15, 0.2) is 36.9 Å². The molecule has 0 aliphatic carbocycles. The number of hydrogen-bond donors (Lipinski definition) is 1. The smallest absolute Gasteiger partial charge is 0.259 e. The molecule has 3 heteroatoms. The van der Waals surface area contributed by atoms with E-state index in [-0.39, 0.29) is 11.8 Å². The van der Waals surface area contributed by atoms with Crippen molar-refractivity contribution in [2.75, 3.05) is 0 Å². The fourth-order valence-corrected chi connectivity index (χ4v) is 2.24. The van der Waals surface area contributed by atoms with E-state index < -0.39 is 0 Å².